The quantitative estimate of drug-likeness (QED) is 0.713. The average Bonchev–Trinajstić information content (AvgIpc) is 2.59. The molecule has 2 aromatic rings. The molecule has 80 valence electrons. The van der Waals surface area contributed by atoms with Crippen molar-refractivity contribution in [2.24, 2.45) is 0 Å². The van der Waals surface area contributed by atoms with Gasteiger partial charge in [0.05, 0.1) is 11.7 Å². The van der Waals surface area contributed by atoms with Gasteiger partial charge in [0.15, 0.2) is 0 Å². The Morgan fingerprint density at radius 3 is 2.67 bits per heavy atom. The Hall–Kier alpha value is -1.38. The maximum absolute atomic E-state index is 4.32. The van der Waals surface area contributed by atoms with Gasteiger partial charge in [0.1, 0.15) is 6.33 Å². The van der Waals surface area contributed by atoms with Crippen molar-refractivity contribution in [2.45, 2.75) is 39.5 Å². The minimum absolute atomic E-state index is 0.133. The first kappa shape index (κ1) is 10.1. The zero-order chi connectivity index (χ0) is 11.1. The molecule has 0 aromatic carbocycles. The third-order valence-corrected chi connectivity index (χ3v) is 2.64. The first-order valence-electron chi connectivity index (χ1n) is 5.35. The molecule has 2 aromatic heterocycles. The topological polar surface area (TPSA) is 30.2 Å². The number of fused-ring (bicyclic) bond motifs is 1. The number of rotatable bonds is 1. The highest BCUT2D eigenvalue weighted by Crippen LogP contribution is 2.26. The van der Waals surface area contributed by atoms with E-state index in [0.717, 1.165) is 12.1 Å². The monoisotopic (exact) mass is 203 g/mol. The molecule has 0 aliphatic carbocycles. The molecule has 0 radical (unpaired) electrons. The number of hydrogen-bond donors (Lipinski definition) is 0. The van der Waals surface area contributed by atoms with Crippen LogP contribution < -0.4 is 0 Å². The van der Waals surface area contributed by atoms with Crippen molar-refractivity contribution in [3.63, 3.8) is 0 Å². The standard InChI is InChI=1S/C12H17N3/c1-5-9-6-11-10(12(2,3)4)7-14-15(11)8-13-9/h6-8H,5H2,1-4H3. The highest BCUT2D eigenvalue weighted by atomic mass is 15.2. The van der Waals surface area contributed by atoms with Gasteiger partial charge in [-0.2, -0.15) is 5.10 Å². The fourth-order valence-corrected chi connectivity index (χ4v) is 1.70. The second kappa shape index (κ2) is 3.33. The third kappa shape index (κ3) is 1.74. The number of aryl methyl sites for hydroxylation is 1. The Bertz CT molecular complexity index is 477. The molecule has 0 saturated carbocycles. The van der Waals surface area contributed by atoms with Crippen molar-refractivity contribution in [3.05, 3.63) is 29.8 Å². The second-order valence-corrected chi connectivity index (χ2v) is 4.87. The predicted molar refractivity (Wildman–Crippen MR) is 61.1 cm³/mol. The van der Waals surface area contributed by atoms with Crippen LogP contribution in [-0.2, 0) is 11.8 Å². The molecule has 15 heavy (non-hydrogen) atoms. The van der Waals surface area contributed by atoms with E-state index in [-0.39, 0.29) is 5.41 Å². The van der Waals surface area contributed by atoms with Crippen LogP contribution in [0.25, 0.3) is 5.52 Å². The van der Waals surface area contributed by atoms with Gasteiger partial charge in [-0.3, -0.25) is 0 Å². The first-order valence-corrected chi connectivity index (χ1v) is 5.35. The largest absolute Gasteiger partial charge is 0.241 e. The van der Waals surface area contributed by atoms with Gasteiger partial charge in [0, 0.05) is 11.3 Å². The summed E-state index contributed by atoms with van der Waals surface area (Å²) >= 11 is 0. The molecular formula is C12H17N3. The van der Waals surface area contributed by atoms with E-state index in [1.165, 1.54) is 11.1 Å². The van der Waals surface area contributed by atoms with Gasteiger partial charge in [-0.05, 0) is 17.9 Å². The van der Waals surface area contributed by atoms with E-state index in [2.05, 4.69) is 43.8 Å². The molecule has 2 rings (SSSR count). The fraction of sp³-hybridized carbons (Fsp3) is 0.500. The molecule has 2 heterocycles. The summed E-state index contributed by atoms with van der Waals surface area (Å²) in [4.78, 5) is 4.32. The number of aromatic nitrogens is 3. The lowest BCUT2D eigenvalue weighted by atomic mass is 9.88. The van der Waals surface area contributed by atoms with Crippen molar-refractivity contribution in [3.8, 4) is 0 Å². The number of hydrogen-bond acceptors (Lipinski definition) is 2. The molecule has 3 heteroatoms. The summed E-state index contributed by atoms with van der Waals surface area (Å²) in [5.41, 5.74) is 3.70. The summed E-state index contributed by atoms with van der Waals surface area (Å²) in [6.07, 6.45) is 4.70. The molecule has 0 N–H and O–H groups in total. The molecule has 0 amide bonds. The number of nitrogens with zero attached hydrogens (tertiary/aromatic N) is 3. The van der Waals surface area contributed by atoms with E-state index < -0.39 is 0 Å². The smallest absolute Gasteiger partial charge is 0.117 e. The van der Waals surface area contributed by atoms with Gasteiger partial charge < -0.3 is 0 Å². The molecule has 0 saturated heterocycles. The first-order chi connectivity index (χ1) is 7.02. The summed E-state index contributed by atoms with van der Waals surface area (Å²) in [6.45, 7) is 8.73. The Morgan fingerprint density at radius 2 is 2.07 bits per heavy atom. The van der Waals surface area contributed by atoms with Crippen molar-refractivity contribution < 1.29 is 0 Å². The van der Waals surface area contributed by atoms with Gasteiger partial charge in [0.25, 0.3) is 0 Å². The van der Waals surface area contributed by atoms with Crippen LogP contribution in [0.1, 0.15) is 39.0 Å². The van der Waals surface area contributed by atoms with E-state index in [4.69, 9.17) is 0 Å². The van der Waals surface area contributed by atoms with Crippen LogP contribution in [0.4, 0.5) is 0 Å². The van der Waals surface area contributed by atoms with Crippen LogP contribution in [0.5, 0.6) is 0 Å². The Kier molecular flexibility index (Phi) is 2.25. The van der Waals surface area contributed by atoms with Crippen LogP contribution in [0.15, 0.2) is 18.6 Å². The molecule has 0 spiro atoms. The van der Waals surface area contributed by atoms with Crippen LogP contribution in [0, 0.1) is 0 Å². The highest BCUT2D eigenvalue weighted by molar-refractivity contribution is 5.56. The summed E-state index contributed by atoms with van der Waals surface area (Å²) in [5.74, 6) is 0. The van der Waals surface area contributed by atoms with E-state index >= 15 is 0 Å². The zero-order valence-electron chi connectivity index (χ0n) is 9.78. The van der Waals surface area contributed by atoms with Gasteiger partial charge in [-0.15, -0.1) is 0 Å². The summed E-state index contributed by atoms with van der Waals surface area (Å²) < 4.78 is 1.85. The van der Waals surface area contributed by atoms with Crippen molar-refractivity contribution in [2.75, 3.05) is 0 Å². The molecule has 0 unspecified atom stereocenters. The van der Waals surface area contributed by atoms with Gasteiger partial charge in [-0.25, -0.2) is 9.50 Å². The lowest BCUT2D eigenvalue weighted by Gasteiger charge is -2.16. The Labute approximate surface area is 90.1 Å². The van der Waals surface area contributed by atoms with Gasteiger partial charge >= 0.3 is 0 Å². The maximum atomic E-state index is 4.32. The summed E-state index contributed by atoms with van der Waals surface area (Å²) in [6, 6.07) is 2.13. The molecule has 0 aliphatic heterocycles. The van der Waals surface area contributed by atoms with Crippen molar-refractivity contribution in [1.29, 1.82) is 0 Å². The average molecular weight is 203 g/mol. The van der Waals surface area contributed by atoms with Crippen LogP contribution in [0.2, 0.25) is 0 Å². The van der Waals surface area contributed by atoms with E-state index in [1.54, 1.807) is 6.33 Å². The van der Waals surface area contributed by atoms with E-state index in [9.17, 15) is 0 Å². The summed E-state index contributed by atoms with van der Waals surface area (Å²) in [7, 11) is 0. The minimum atomic E-state index is 0.133. The maximum Gasteiger partial charge on any atom is 0.117 e. The second-order valence-electron chi connectivity index (χ2n) is 4.87. The Morgan fingerprint density at radius 1 is 1.33 bits per heavy atom. The van der Waals surface area contributed by atoms with Crippen molar-refractivity contribution in [1.82, 2.24) is 14.6 Å². The van der Waals surface area contributed by atoms with Gasteiger partial charge in [0.2, 0.25) is 0 Å². The molecule has 3 nitrogen and oxygen atoms in total. The lowest BCUT2D eigenvalue weighted by Crippen LogP contribution is -2.10. The molecule has 0 bridgehead atoms. The fourth-order valence-electron chi connectivity index (χ4n) is 1.70. The van der Waals surface area contributed by atoms with E-state index in [1.807, 2.05) is 10.7 Å². The third-order valence-electron chi connectivity index (χ3n) is 2.64. The molecule has 0 aliphatic rings. The molecule has 0 atom stereocenters. The summed E-state index contributed by atoms with van der Waals surface area (Å²) in [5, 5.41) is 4.31. The van der Waals surface area contributed by atoms with Crippen LogP contribution in [0.3, 0.4) is 0 Å². The Balaban J connectivity index is 2.67. The predicted octanol–water partition coefficient (Wildman–Crippen LogP) is 2.59. The SMILES string of the molecule is CCc1cc2c(C(C)(C)C)cnn2cn1. The zero-order valence-corrected chi connectivity index (χ0v) is 9.78. The normalized spacial score (nSPS) is 12.3. The molecular weight excluding hydrogens is 186 g/mol. The molecule has 0 fully saturated rings. The van der Waals surface area contributed by atoms with Crippen LogP contribution in [-0.4, -0.2) is 14.6 Å². The minimum Gasteiger partial charge on any atom is -0.241 e. The van der Waals surface area contributed by atoms with Gasteiger partial charge in [-0.1, -0.05) is 27.7 Å². The van der Waals surface area contributed by atoms with Crippen LogP contribution >= 0.6 is 0 Å². The highest BCUT2D eigenvalue weighted by Gasteiger charge is 2.18. The lowest BCUT2D eigenvalue weighted by molar-refractivity contribution is 0.595. The van der Waals surface area contributed by atoms with E-state index in [0.29, 0.717) is 0 Å². The van der Waals surface area contributed by atoms with Crippen molar-refractivity contribution >= 4 is 5.52 Å².